The lowest BCUT2D eigenvalue weighted by Crippen LogP contribution is -2.10. The summed E-state index contributed by atoms with van der Waals surface area (Å²) in [5.74, 6) is -1.16. The fourth-order valence-corrected chi connectivity index (χ4v) is 1.63. The molecule has 1 aromatic heterocycles. The summed E-state index contributed by atoms with van der Waals surface area (Å²) in [4.78, 5) is 3.64. The number of nitrogens with two attached hydrogens (primary N) is 1. The van der Waals surface area contributed by atoms with Crippen LogP contribution in [0.5, 0.6) is 0 Å². The van der Waals surface area contributed by atoms with E-state index in [0.29, 0.717) is 5.92 Å². The molecule has 1 aliphatic carbocycles. The highest BCUT2D eigenvalue weighted by atomic mass is 19.1. The zero-order valence-corrected chi connectivity index (χ0v) is 8.43. The molecule has 0 bridgehead atoms. The van der Waals surface area contributed by atoms with Crippen molar-refractivity contribution in [1.82, 2.24) is 4.98 Å². The molecule has 1 aromatic rings. The van der Waals surface area contributed by atoms with Gasteiger partial charge in [0.15, 0.2) is 23.3 Å². The molecule has 3 nitrogen and oxygen atoms in total. The monoisotopic (exact) mass is 213 g/mol. The van der Waals surface area contributed by atoms with Crippen LogP contribution < -0.4 is 11.1 Å². The van der Waals surface area contributed by atoms with Crippen LogP contribution in [0.4, 0.5) is 20.4 Å². The molecular formula is C10H13F2N3. The van der Waals surface area contributed by atoms with Crippen LogP contribution in [0.3, 0.4) is 0 Å². The van der Waals surface area contributed by atoms with Gasteiger partial charge in [0, 0.05) is 12.1 Å². The summed E-state index contributed by atoms with van der Waals surface area (Å²) in [5, 5.41) is 2.92. The Morgan fingerprint density at radius 3 is 2.87 bits per heavy atom. The van der Waals surface area contributed by atoms with Crippen molar-refractivity contribution in [2.75, 3.05) is 11.1 Å². The van der Waals surface area contributed by atoms with Crippen LogP contribution in [0.2, 0.25) is 0 Å². The molecule has 1 heterocycles. The van der Waals surface area contributed by atoms with Crippen molar-refractivity contribution in [3.8, 4) is 0 Å². The maximum absolute atomic E-state index is 13.2. The lowest BCUT2D eigenvalue weighted by molar-refractivity contribution is 0.579. The van der Waals surface area contributed by atoms with Gasteiger partial charge in [0.1, 0.15) is 0 Å². The largest absolute Gasteiger partial charge is 0.381 e. The van der Waals surface area contributed by atoms with Crippen LogP contribution in [0.25, 0.3) is 0 Å². The molecule has 3 N–H and O–H groups in total. The Kier molecular flexibility index (Phi) is 2.46. The summed E-state index contributed by atoms with van der Waals surface area (Å²) in [6, 6.07) is 1.01. The van der Waals surface area contributed by atoms with Crippen molar-refractivity contribution < 1.29 is 8.78 Å². The lowest BCUT2D eigenvalue weighted by Gasteiger charge is -2.06. The molecule has 1 fully saturated rings. The number of nitrogens with one attached hydrogen (secondary N) is 1. The van der Waals surface area contributed by atoms with Crippen LogP contribution in [-0.2, 0) is 0 Å². The third-order valence-electron chi connectivity index (χ3n) is 2.73. The minimum absolute atomic E-state index is 0.0508. The normalized spacial score (nSPS) is 23.9. The number of rotatable bonds is 3. The van der Waals surface area contributed by atoms with Gasteiger partial charge >= 0.3 is 0 Å². The van der Waals surface area contributed by atoms with E-state index in [1.807, 2.05) is 0 Å². The number of anilines is 2. The Morgan fingerprint density at radius 2 is 2.27 bits per heavy atom. The molecule has 82 valence electrons. The second kappa shape index (κ2) is 3.64. The van der Waals surface area contributed by atoms with Gasteiger partial charge in [-0.3, -0.25) is 0 Å². The van der Waals surface area contributed by atoms with Crippen molar-refractivity contribution in [3.63, 3.8) is 0 Å². The topological polar surface area (TPSA) is 50.9 Å². The molecule has 5 heteroatoms. The van der Waals surface area contributed by atoms with Crippen LogP contribution in [0, 0.1) is 17.6 Å². The van der Waals surface area contributed by atoms with E-state index in [1.54, 1.807) is 0 Å². The average Bonchev–Trinajstić information content (AvgIpc) is 2.93. The molecule has 0 aliphatic heterocycles. The third-order valence-corrected chi connectivity index (χ3v) is 2.73. The van der Waals surface area contributed by atoms with Crippen molar-refractivity contribution in [1.29, 1.82) is 0 Å². The second-order valence-electron chi connectivity index (χ2n) is 3.84. The Hall–Kier alpha value is -1.39. The van der Waals surface area contributed by atoms with E-state index in [-0.39, 0.29) is 17.7 Å². The molecule has 2 unspecified atom stereocenters. The molecule has 15 heavy (non-hydrogen) atoms. The maximum atomic E-state index is 13.2. The molecule has 1 aliphatic rings. The summed E-state index contributed by atoms with van der Waals surface area (Å²) in [6.45, 7) is 2.08. The smallest absolute Gasteiger partial charge is 0.168 e. The van der Waals surface area contributed by atoms with Gasteiger partial charge in [-0.1, -0.05) is 13.3 Å². The van der Waals surface area contributed by atoms with Gasteiger partial charge in [0.25, 0.3) is 0 Å². The van der Waals surface area contributed by atoms with E-state index in [2.05, 4.69) is 17.2 Å². The van der Waals surface area contributed by atoms with Crippen LogP contribution >= 0.6 is 0 Å². The predicted molar refractivity (Wildman–Crippen MR) is 54.4 cm³/mol. The van der Waals surface area contributed by atoms with Crippen molar-refractivity contribution in [2.45, 2.75) is 25.8 Å². The Morgan fingerprint density at radius 1 is 1.53 bits per heavy atom. The number of nitrogen functional groups attached to an aromatic ring is 1. The van der Waals surface area contributed by atoms with Gasteiger partial charge in [-0.25, -0.2) is 13.8 Å². The van der Waals surface area contributed by atoms with Crippen LogP contribution in [0.1, 0.15) is 19.8 Å². The zero-order chi connectivity index (χ0) is 11.0. The van der Waals surface area contributed by atoms with Crippen molar-refractivity contribution >= 4 is 11.6 Å². The van der Waals surface area contributed by atoms with E-state index in [1.165, 1.54) is 0 Å². The summed E-state index contributed by atoms with van der Waals surface area (Å²) in [6.07, 6.45) is 2.06. The first-order valence-electron chi connectivity index (χ1n) is 5.00. The van der Waals surface area contributed by atoms with Gasteiger partial charge < -0.3 is 11.1 Å². The first-order valence-corrected chi connectivity index (χ1v) is 5.00. The SMILES string of the molecule is CCC1CC1Nc1nc(N)c(F)cc1F. The standard InChI is InChI=1S/C10H13F2N3/c1-2-5-3-8(5)14-10-7(12)4-6(11)9(13)15-10/h4-5,8H,2-3H2,1H3,(H3,13,14,15). The number of hydrogen-bond acceptors (Lipinski definition) is 3. The number of pyridine rings is 1. The molecule has 0 spiro atoms. The molecule has 2 atom stereocenters. The highest BCUT2D eigenvalue weighted by Gasteiger charge is 2.36. The summed E-state index contributed by atoms with van der Waals surface area (Å²) >= 11 is 0. The van der Waals surface area contributed by atoms with E-state index in [4.69, 9.17) is 5.73 Å². The zero-order valence-electron chi connectivity index (χ0n) is 8.43. The minimum Gasteiger partial charge on any atom is -0.381 e. The van der Waals surface area contributed by atoms with Gasteiger partial charge in [0.2, 0.25) is 0 Å². The molecule has 0 radical (unpaired) electrons. The summed E-state index contributed by atoms with van der Waals surface area (Å²) in [5.41, 5.74) is 5.26. The van der Waals surface area contributed by atoms with Crippen LogP contribution in [-0.4, -0.2) is 11.0 Å². The Labute approximate surface area is 86.7 Å². The molecule has 0 saturated heterocycles. The second-order valence-corrected chi connectivity index (χ2v) is 3.84. The third kappa shape index (κ3) is 2.00. The van der Waals surface area contributed by atoms with Gasteiger partial charge in [-0.2, -0.15) is 0 Å². The first kappa shape index (κ1) is 10.1. The molecule has 2 rings (SSSR count). The predicted octanol–water partition coefficient (Wildman–Crippen LogP) is 2.15. The fraction of sp³-hybridized carbons (Fsp3) is 0.500. The van der Waals surface area contributed by atoms with E-state index >= 15 is 0 Å². The van der Waals surface area contributed by atoms with E-state index < -0.39 is 11.6 Å². The van der Waals surface area contributed by atoms with Crippen molar-refractivity contribution in [3.05, 3.63) is 17.7 Å². The van der Waals surface area contributed by atoms with E-state index in [0.717, 1.165) is 18.9 Å². The first-order chi connectivity index (χ1) is 7.11. The molecular weight excluding hydrogens is 200 g/mol. The van der Waals surface area contributed by atoms with Gasteiger partial charge in [0.05, 0.1) is 0 Å². The molecule has 0 amide bonds. The van der Waals surface area contributed by atoms with Gasteiger partial charge in [-0.05, 0) is 12.3 Å². The Bertz CT molecular complexity index is 381. The van der Waals surface area contributed by atoms with Crippen LogP contribution in [0.15, 0.2) is 6.07 Å². The average molecular weight is 213 g/mol. The number of nitrogens with zero attached hydrogens (tertiary/aromatic N) is 1. The lowest BCUT2D eigenvalue weighted by atomic mass is 10.3. The van der Waals surface area contributed by atoms with E-state index in [9.17, 15) is 8.78 Å². The summed E-state index contributed by atoms with van der Waals surface area (Å²) < 4.78 is 26.0. The molecule has 0 aromatic carbocycles. The highest BCUT2D eigenvalue weighted by Crippen LogP contribution is 2.36. The number of hydrogen-bond donors (Lipinski definition) is 2. The minimum atomic E-state index is -0.819. The highest BCUT2D eigenvalue weighted by molar-refractivity contribution is 5.46. The maximum Gasteiger partial charge on any atom is 0.168 e. The quantitative estimate of drug-likeness (QED) is 0.808. The van der Waals surface area contributed by atoms with Gasteiger partial charge in [-0.15, -0.1) is 0 Å². The number of halogens is 2. The fourth-order valence-electron chi connectivity index (χ4n) is 1.63. The van der Waals surface area contributed by atoms with Crippen molar-refractivity contribution in [2.24, 2.45) is 5.92 Å². The Balaban J connectivity index is 2.12. The summed E-state index contributed by atoms with van der Waals surface area (Å²) in [7, 11) is 0. The molecule has 1 saturated carbocycles. The number of aromatic nitrogens is 1.